The summed E-state index contributed by atoms with van der Waals surface area (Å²) in [6.45, 7) is 2.71. The molecule has 0 aliphatic rings. The van der Waals surface area contributed by atoms with Gasteiger partial charge in [-0.25, -0.2) is 4.79 Å². The summed E-state index contributed by atoms with van der Waals surface area (Å²) in [4.78, 5) is 11.9. The molecule has 4 heteroatoms. The Hall–Kier alpha value is -2.43. The van der Waals surface area contributed by atoms with Crippen molar-refractivity contribution in [3.05, 3.63) is 81.7 Å². The molecule has 3 aromatic rings. The average molecular weight is 337 g/mol. The largest absolute Gasteiger partial charge is 0.423 e. The lowest BCUT2D eigenvalue weighted by Crippen LogP contribution is -2.22. The van der Waals surface area contributed by atoms with E-state index in [9.17, 15) is 4.79 Å². The third kappa shape index (κ3) is 4.35. The highest BCUT2D eigenvalue weighted by Crippen LogP contribution is 2.22. The lowest BCUT2D eigenvalue weighted by molar-refractivity contribution is 0.275. The molecule has 0 spiro atoms. The molecule has 0 aliphatic heterocycles. The monoisotopic (exact) mass is 337 g/mol. The van der Waals surface area contributed by atoms with Crippen molar-refractivity contribution < 1.29 is 9.52 Å². The minimum absolute atomic E-state index is 0.126. The average Bonchev–Trinajstić information content (AvgIpc) is 2.62. The van der Waals surface area contributed by atoms with Gasteiger partial charge >= 0.3 is 5.63 Å². The number of aryl methyl sites for hydroxylation is 1. The summed E-state index contributed by atoms with van der Waals surface area (Å²) < 4.78 is 5.32. The predicted octanol–water partition coefficient (Wildman–Crippen LogP) is 3.70. The normalized spacial score (nSPS) is 12.4. The molecular weight excluding hydrogens is 314 g/mol. The summed E-state index contributed by atoms with van der Waals surface area (Å²) >= 11 is 0. The molecular formula is C21H23NO3. The Balaban J connectivity index is 1.85. The van der Waals surface area contributed by atoms with E-state index in [0.717, 1.165) is 29.4 Å². The fourth-order valence-corrected chi connectivity index (χ4v) is 3.08. The van der Waals surface area contributed by atoms with Gasteiger partial charge in [0.15, 0.2) is 0 Å². The molecule has 0 radical (unpaired) electrons. The van der Waals surface area contributed by atoms with E-state index < -0.39 is 0 Å². The molecule has 1 unspecified atom stereocenters. The molecule has 0 saturated carbocycles. The van der Waals surface area contributed by atoms with Crippen LogP contribution >= 0.6 is 0 Å². The Morgan fingerprint density at radius 1 is 1.12 bits per heavy atom. The Kier molecular flexibility index (Phi) is 5.64. The molecule has 130 valence electrons. The third-order valence-corrected chi connectivity index (χ3v) is 4.38. The molecule has 2 aromatic carbocycles. The van der Waals surface area contributed by atoms with E-state index in [0.29, 0.717) is 12.1 Å². The van der Waals surface area contributed by atoms with Crippen LogP contribution in [0, 0.1) is 6.92 Å². The minimum Gasteiger partial charge on any atom is -0.423 e. The molecule has 0 aliphatic carbocycles. The second kappa shape index (κ2) is 8.10. The van der Waals surface area contributed by atoms with E-state index >= 15 is 0 Å². The van der Waals surface area contributed by atoms with Gasteiger partial charge in [-0.05, 0) is 42.5 Å². The Morgan fingerprint density at radius 3 is 2.68 bits per heavy atom. The van der Waals surface area contributed by atoms with Gasteiger partial charge in [0.1, 0.15) is 5.58 Å². The summed E-state index contributed by atoms with van der Waals surface area (Å²) in [7, 11) is 0. The van der Waals surface area contributed by atoms with Crippen molar-refractivity contribution in [3.63, 3.8) is 0 Å². The second-order valence-electron chi connectivity index (χ2n) is 6.30. The van der Waals surface area contributed by atoms with Gasteiger partial charge in [0, 0.05) is 30.6 Å². The van der Waals surface area contributed by atoms with Gasteiger partial charge in [0.05, 0.1) is 0 Å². The van der Waals surface area contributed by atoms with Gasteiger partial charge < -0.3 is 14.8 Å². The second-order valence-corrected chi connectivity index (χ2v) is 6.30. The first-order chi connectivity index (χ1) is 12.2. The topological polar surface area (TPSA) is 62.5 Å². The number of aliphatic hydroxyl groups is 1. The van der Waals surface area contributed by atoms with E-state index in [4.69, 9.17) is 9.52 Å². The molecule has 0 fully saturated rings. The van der Waals surface area contributed by atoms with Crippen molar-refractivity contribution >= 4 is 11.0 Å². The summed E-state index contributed by atoms with van der Waals surface area (Å²) in [5.74, 6) is 0. The molecule has 2 N–H and O–H groups in total. The maximum absolute atomic E-state index is 11.9. The van der Waals surface area contributed by atoms with Gasteiger partial charge in [-0.2, -0.15) is 0 Å². The van der Waals surface area contributed by atoms with E-state index in [1.54, 1.807) is 6.07 Å². The fraction of sp³-hybridized carbons (Fsp3) is 0.286. The van der Waals surface area contributed by atoms with Gasteiger partial charge in [0.25, 0.3) is 0 Å². The summed E-state index contributed by atoms with van der Waals surface area (Å²) in [6.07, 6.45) is 1.56. The Labute approximate surface area is 147 Å². The van der Waals surface area contributed by atoms with Crippen molar-refractivity contribution in [2.45, 2.75) is 32.4 Å². The van der Waals surface area contributed by atoms with Gasteiger partial charge in [-0.3, -0.25) is 0 Å². The third-order valence-electron chi connectivity index (χ3n) is 4.38. The molecule has 1 atom stereocenters. The van der Waals surface area contributed by atoms with Crippen LogP contribution in [0.1, 0.15) is 35.6 Å². The Bertz CT molecular complexity index is 887. The summed E-state index contributed by atoms with van der Waals surface area (Å²) in [5, 5.41) is 13.6. The van der Waals surface area contributed by atoms with E-state index in [1.807, 2.05) is 43.3 Å². The number of fused-ring (bicyclic) bond motifs is 1. The number of nitrogens with one attached hydrogen (secondary N) is 1. The number of rotatable bonds is 7. The quantitative estimate of drug-likeness (QED) is 0.645. The Morgan fingerprint density at radius 2 is 1.92 bits per heavy atom. The van der Waals surface area contributed by atoms with Gasteiger partial charge in [-0.15, -0.1) is 0 Å². The standard InChI is InChI=1S/C21H23NO3/c1-15-9-10-18-17(13-21(24)25-20(18)12-15)14-22-19(8-5-11-23)16-6-3-2-4-7-16/h2-4,6-7,9-10,12-13,19,22-23H,5,8,11,14H2,1H3. The fourth-order valence-electron chi connectivity index (χ4n) is 3.08. The predicted molar refractivity (Wildman–Crippen MR) is 99.6 cm³/mol. The van der Waals surface area contributed by atoms with E-state index in [-0.39, 0.29) is 18.3 Å². The van der Waals surface area contributed by atoms with Crippen LogP contribution in [0.2, 0.25) is 0 Å². The number of aliphatic hydroxyl groups excluding tert-OH is 1. The van der Waals surface area contributed by atoms with Crippen LogP contribution in [0.5, 0.6) is 0 Å². The van der Waals surface area contributed by atoms with Crippen LogP contribution in [0.25, 0.3) is 11.0 Å². The highest BCUT2D eigenvalue weighted by atomic mass is 16.4. The van der Waals surface area contributed by atoms with Gasteiger partial charge in [0.2, 0.25) is 0 Å². The first-order valence-corrected chi connectivity index (χ1v) is 8.60. The van der Waals surface area contributed by atoms with Crippen LogP contribution < -0.4 is 10.9 Å². The van der Waals surface area contributed by atoms with Crippen molar-refractivity contribution in [1.82, 2.24) is 5.32 Å². The lowest BCUT2D eigenvalue weighted by atomic mass is 10.0. The zero-order chi connectivity index (χ0) is 17.6. The zero-order valence-electron chi connectivity index (χ0n) is 14.4. The maximum atomic E-state index is 11.9. The van der Waals surface area contributed by atoms with Crippen LogP contribution in [-0.2, 0) is 6.54 Å². The van der Waals surface area contributed by atoms with Crippen LogP contribution in [0.4, 0.5) is 0 Å². The zero-order valence-corrected chi connectivity index (χ0v) is 14.4. The minimum atomic E-state index is -0.332. The molecule has 4 nitrogen and oxygen atoms in total. The van der Waals surface area contributed by atoms with Crippen molar-refractivity contribution in [2.75, 3.05) is 6.61 Å². The van der Waals surface area contributed by atoms with Crippen molar-refractivity contribution in [2.24, 2.45) is 0 Å². The molecule has 0 amide bonds. The maximum Gasteiger partial charge on any atom is 0.336 e. The van der Waals surface area contributed by atoms with Crippen LogP contribution in [0.3, 0.4) is 0 Å². The van der Waals surface area contributed by atoms with Gasteiger partial charge in [-0.1, -0.05) is 42.5 Å². The number of hydrogen-bond acceptors (Lipinski definition) is 4. The summed E-state index contributed by atoms with van der Waals surface area (Å²) in [5.41, 5.74) is 3.46. The van der Waals surface area contributed by atoms with E-state index in [1.165, 1.54) is 5.56 Å². The summed E-state index contributed by atoms with van der Waals surface area (Å²) in [6, 6.07) is 17.8. The van der Waals surface area contributed by atoms with Crippen molar-refractivity contribution in [3.8, 4) is 0 Å². The molecule has 1 heterocycles. The lowest BCUT2D eigenvalue weighted by Gasteiger charge is -2.19. The number of benzene rings is 2. The highest BCUT2D eigenvalue weighted by Gasteiger charge is 2.12. The smallest absolute Gasteiger partial charge is 0.336 e. The van der Waals surface area contributed by atoms with E-state index in [2.05, 4.69) is 17.4 Å². The van der Waals surface area contributed by atoms with Crippen LogP contribution in [0.15, 0.2) is 63.8 Å². The molecule has 0 bridgehead atoms. The number of hydrogen-bond donors (Lipinski definition) is 2. The SMILES string of the molecule is Cc1ccc2c(CNC(CCCO)c3ccccc3)cc(=O)oc2c1. The molecule has 0 saturated heterocycles. The first kappa shape index (κ1) is 17.4. The molecule has 25 heavy (non-hydrogen) atoms. The van der Waals surface area contributed by atoms with Crippen LogP contribution in [-0.4, -0.2) is 11.7 Å². The first-order valence-electron chi connectivity index (χ1n) is 8.60. The highest BCUT2D eigenvalue weighted by molar-refractivity contribution is 5.80. The molecule has 3 rings (SSSR count). The van der Waals surface area contributed by atoms with Crippen molar-refractivity contribution in [1.29, 1.82) is 0 Å². The molecule has 1 aromatic heterocycles.